The van der Waals surface area contributed by atoms with Gasteiger partial charge in [-0.25, -0.2) is 9.78 Å². The maximum atomic E-state index is 13.4. The molecular weight excluding hydrogens is 518 g/mol. The van der Waals surface area contributed by atoms with Gasteiger partial charge in [-0.15, -0.1) is 11.3 Å². The fraction of sp³-hybridized carbons (Fsp3) is 0.464. The first-order valence-corrected chi connectivity index (χ1v) is 14.3. The number of likely N-dealkylation sites (tertiary alicyclic amines) is 2. The number of benzene rings is 1. The van der Waals surface area contributed by atoms with Crippen LogP contribution in [0.2, 0.25) is 0 Å². The van der Waals surface area contributed by atoms with E-state index in [9.17, 15) is 14.4 Å². The third-order valence-corrected chi connectivity index (χ3v) is 8.37. The molecule has 0 atom stereocenters. The molecule has 3 amide bonds. The average molecular weight is 552 g/mol. The lowest BCUT2D eigenvalue weighted by atomic mass is 9.96. The summed E-state index contributed by atoms with van der Waals surface area (Å²) in [6, 6.07) is 9.59. The predicted octanol–water partition coefficient (Wildman–Crippen LogP) is 4.48. The van der Waals surface area contributed by atoms with Crippen LogP contribution in [0.3, 0.4) is 0 Å². The number of hydrogen-bond acceptors (Lipinski definition) is 8. The lowest BCUT2D eigenvalue weighted by molar-refractivity contribution is 0.0711. The van der Waals surface area contributed by atoms with E-state index in [2.05, 4.69) is 15.5 Å². The van der Waals surface area contributed by atoms with Crippen LogP contribution in [-0.2, 0) is 4.74 Å². The molecule has 39 heavy (non-hydrogen) atoms. The van der Waals surface area contributed by atoms with Crippen molar-refractivity contribution in [2.45, 2.75) is 51.5 Å². The van der Waals surface area contributed by atoms with Crippen LogP contribution in [0.4, 0.5) is 4.79 Å². The van der Waals surface area contributed by atoms with Gasteiger partial charge in [0, 0.05) is 49.1 Å². The van der Waals surface area contributed by atoms with Gasteiger partial charge in [-0.3, -0.25) is 9.59 Å². The molecule has 0 bridgehead atoms. The van der Waals surface area contributed by atoms with Gasteiger partial charge in [0.15, 0.2) is 0 Å². The van der Waals surface area contributed by atoms with E-state index >= 15 is 0 Å². The van der Waals surface area contributed by atoms with Crippen molar-refractivity contribution in [2.24, 2.45) is 0 Å². The van der Waals surface area contributed by atoms with Gasteiger partial charge in [0.05, 0.1) is 11.6 Å². The highest BCUT2D eigenvalue weighted by Gasteiger charge is 2.31. The molecule has 2 aromatic heterocycles. The van der Waals surface area contributed by atoms with Crippen molar-refractivity contribution in [3.8, 4) is 11.3 Å². The molecule has 0 radical (unpaired) electrons. The SMILES string of the molecule is CCOC(=O)N1CCC(NC(=O)c2csc(C3CCN(C(=O)c4c(-c5ccccc5)noc4C)CC3)n2)CC1. The fourth-order valence-corrected chi connectivity index (χ4v) is 6.14. The molecule has 4 heterocycles. The van der Waals surface area contributed by atoms with Crippen molar-refractivity contribution < 1.29 is 23.6 Å². The maximum Gasteiger partial charge on any atom is 0.409 e. The Kier molecular flexibility index (Phi) is 8.25. The molecule has 0 unspecified atom stereocenters. The van der Waals surface area contributed by atoms with Gasteiger partial charge in [0.25, 0.3) is 11.8 Å². The topological polar surface area (TPSA) is 118 Å². The first-order valence-electron chi connectivity index (χ1n) is 13.4. The second-order valence-electron chi connectivity index (χ2n) is 9.90. The molecule has 0 spiro atoms. The van der Waals surface area contributed by atoms with E-state index in [0.717, 1.165) is 23.4 Å². The molecule has 1 N–H and O–H groups in total. The molecule has 0 aliphatic carbocycles. The van der Waals surface area contributed by atoms with Crippen molar-refractivity contribution in [3.63, 3.8) is 0 Å². The van der Waals surface area contributed by atoms with Crippen molar-refractivity contribution in [1.29, 1.82) is 0 Å². The summed E-state index contributed by atoms with van der Waals surface area (Å²) >= 11 is 1.50. The zero-order valence-corrected chi connectivity index (χ0v) is 23.0. The van der Waals surface area contributed by atoms with Crippen LogP contribution in [0.1, 0.15) is 70.1 Å². The van der Waals surface area contributed by atoms with Crippen LogP contribution in [0.5, 0.6) is 0 Å². The summed E-state index contributed by atoms with van der Waals surface area (Å²) in [5, 5.41) is 9.95. The molecule has 1 aromatic carbocycles. The summed E-state index contributed by atoms with van der Waals surface area (Å²) in [7, 11) is 0. The minimum Gasteiger partial charge on any atom is -0.450 e. The number of carbonyl (C=O) groups is 3. The second kappa shape index (κ2) is 12.0. The summed E-state index contributed by atoms with van der Waals surface area (Å²) in [4.78, 5) is 46.3. The van der Waals surface area contributed by atoms with E-state index in [1.807, 2.05) is 40.6 Å². The number of aryl methyl sites for hydroxylation is 1. The van der Waals surface area contributed by atoms with E-state index in [4.69, 9.17) is 9.26 Å². The number of piperidine rings is 2. The van der Waals surface area contributed by atoms with E-state index in [0.29, 0.717) is 68.3 Å². The van der Waals surface area contributed by atoms with Gasteiger partial charge < -0.3 is 24.4 Å². The normalized spacial score (nSPS) is 16.8. The van der Waals surface area contributed by atoms with E-state index < -0.39 is 0 Å². The number of amides is 3. The minimum atomic E-state index is -0.299. The highest BCUT2D eigenvalue weighted by atomic mass is 32.1. The first-order chi connectivity index (χ1) is 18.9. The van der Waals surface area contributed by atoms with Gasteiger partial charge in [-0.05, 0) is 39.5 Å². The van der Waals surface area contributed by atoms with Crippen molar-refractivity contribution in [2.75, 3.05) is 32.8 Å². The molecule has 2 aliphatic rings. The molecule has 206 valence electrons. The number of hydrogen-bond donors (Lipinski definition) is 1. The van der Waals surface area contributed by atoms with Gasteiger partial charge >= 0.3 is 6.09 Å². The average Bonchev–Trinajstić information content (AvgIpc) is 3.61. The molecular formula is C28H33N5O5S. The van der Waals surface area contributed by atoms with Gasteiger partial charge in [-0.2, -0.15) is 0 Å². The van der Waals surface area contributed by atoms with Crippen LogP contribution < -0.4 is 5.32 Å². The molecule has 11 heteroatoms. The number of nitrogens with one attached hydrogen (secondary N) is 1. The Balaban J connectivity index is 1.14. The Morgan fingerprint density at radius 1 is 1.05 bits per heavy atom. The van der Waals surface area contributed by atoms with Crippen molar-refractivity contribution in [3.05, 3.63) is 57.7 Å². The van der Waals surface area contributed by atoms with Gasteiger partial charge in [-0.1, -0.05) is 35.5 Å². The maximum absolute atomic E-state index is 13.4. The number of carbonyl (C=O) groups excluding carboxylic acids is 3. The Morgan fingerprint density at radius 3 is 2.44 bits per heavy atom. The van der Waals surface area contributed by atoms with Crippen LogP contribution in [0.15, 0.2) is 40.2 Å². The smallest absolute Gasteiger partial charge is 0.409 e. The Labute approximate surface area is 231 Å². The van der Waals surface area contributed by atoms with Crippen LogP contribution in [0, 0.1) is 6.92 Å². The summed E-state index contributed by atoms with van der Waals surface area (Å²) in [6.45, 7) is 6.23. The highest BCUT2D eigenvalue weighted by Crippen LogP contribution is 2.33. The number of ether oxygens (including phenoxy) is 1. The predicted molar refractivity (Wildman–Crippen MR) is 146 cm³/mol. The Hall–Kier alpha value is -3.73. The number of aromatic nitrogens is 2. The monoisotopic (exact) mass is 551 g/mol. The molecule has 5 rings (SSSR count). The second-order valence-corrected chi connectivity index (χ2v) is 10.8. The van der Waals surface area contributed by atoms with E-state index in [1.165, 1.54) is 11.3 Å². The summed E-state index contributed by atoms with van der Waals surface area (Å²) in [5.41, 5.74) is 2.36. The number of thiazole rings is 1. The number of nitrogens with zero attached hydrogens (tertiary/aromatic N) is 4. The Morgan fingerprint density at radius 2 is 1.74 bits per heavy atom. The molecule has 2 fully saturated rings. The highest BCUT2D eigenvalue weighted by molar-refractivity contribution is 7.09. The summed E-state index contributed by atoms with van der Waals surface area (Å²) in [6.07, 6.45) is 2.62. The molecule has 2 saturated heterocycles. The van der Waals surface area contributed by atoms with Gasteiger partial charge in [0.1, 0.15) is 22.7 Å². The van der Waals surface area contributed by atoms with Crippen LogP contribution in [-0.4, -0.2) is 76.7 Å². The lowest BCUT2D eigenvalue weighted by Gasteiger charge is -2.31. The van der Waals surface area contributed by atoms with E-state index in [1.54, 1.807) is 18.7 Å². The first kappa shape index (κ1) is 26.9. The third-order valence-electron chi connectivity index (χ3n) is 7.37. The zero-order valence-electron chi connectivity index (χ0n) is 22.2. The molecule has 0 saturated carbocycles. The van der Waals surface area contributed by atoms with Crippen LogP contribution in [0.25, 0.3) is 11.3 Å². The van der Waals surface area contributed by atoms with Crippen molar-refractivity contribution >= 4 is 29.2 Å². The largest absolute Gasteiger partial charge is 0.450 e. The molecule has 10 nitrogen and oxygen atoms in total. The third kappa shape index (κ3) is 5.98. The molecule has 2 aliphatic heterocycles. The number of rotatable bonds is 6. The minimum absolute atomic E-state index is 0.00391. The quantitative estimate of drug-likeness (QED) is 0.480. The van der Waals surface area contributed by atoms with E-state index in [-0.39, 0.29) is 29.9 Å². The summed E-state index contributed by atoms with van der Waals surface area (Å²) < 4.78 is 10.4. The van der Waals surface area contributed by atoms with Crippen molar-refractivity contribution in [1.82, 2.24) is 25.3 Å². The standard InChI is InChI=1S/C28H33N5O5S/c1-3-37-28(36)33-15-11-21(12-16-33)29-25(34)22-17-39-26(30-22)20-9-13-32(14-10-20)27(35)23-18(2)38-31-24(23)19-7-5-4-6-8-19/h4-8,17,20-21H,3,9-16H2,1-2H3,(H,29,34). The lowest BCUT2D eigenvalue weighted by Crippen LogP contribution is -2.46. The molecule has 3 aromatic rings. The fourth-order valence-electron chi connectivity index (χ4n) is 5.16. The van der Waals surface area contributed by atoms with Gasteiger partial charge in [0.2, 0.25) is 0 Å². The Bertz CT molecular complexity index is 1310. The van der Waals surface area contributed by atoms with Crippen LogP contribution >= 0.6 is 11.3 Å². The summed E-state index contributed by atoms with van der Waals surface area (Å²) in [5.74, 6) is 0.462. The zero-order chi connectivity index (χ0) is 27.4.